The second kappa shape index (κ2) is 5.54. The summed E-state index contributed by atoms with van der Waals surface area (Å²) in [6.07, 6.45) is 5.24. The van der Waals surface area contributed by atoms with Crippen LogP contribution in [-0.4, -0.2) is 13.4 Å². The van der Waals surface area contributed by atoms with Crippen LogP contribution in [-0.2, 0) is 4.79 Å². The molecular formula is C14H17ClO2. The molecule has 0 aliphatic heterocycles. The van der Waals surface area contributed by atoms with Crippen LogP contribution in [0.2, 0.25) is 5.02 Å². The highest BCUT2D eigenvalue weighted by Gasteiger charge is 2.22. The summed E-state index contributed by atoms with van der Waals surface area (Å²) >= 11 is 6.12. The molecule has 92 valence electrons. The summed E-state index contributed by atoms with van der Waals surface area (Å²) in [6.45, 7) is 0. The van der Waals surface area contributed by atoms with Crippen LogP contribution in [0, 0.1) is 5.92 Å². The summed E-state index contributed by atoms with van der Waals surface area (Å²) in [6, 6.07) is 5.99. The van der Waals surface area contributed by atoms with E-state index < -0.39 is 0 Å². The van der Waals surface area contributed by atoms with Crippen molar-refractivity contribution in [1.82, 2.24) is 0 Å². The molecule has 2 nitrogen and oxygen atoms in total. The lowest BCUT2D eigenvalue weighted by Gasteiger charge is -2.26. The van der Waals surface area contributed by atoms with Gasteiger partial charge in [0.2, 0.25) is 0 Å². The van der Waals surface area contributed by atoms with Crippen LogP contribution in [0.4, 0.5) is 0 Å². The van der Waals surface area contributed by atoms with Crippen LogP contribution in [0.25, 0.3) is 0 Å². The molecule has 1 aliphatic rings. The molecule has 1 saturated carbocycles. The van der Waals surface area contributed by atoms with Crippen LogP contribution in [0.15, 0.2) is 18.2 Å². The molecule has 17 heavy (non-hydrogen) atoms. The number of carbonyl (C=O) groups excluding carboxylic acids is 1. The molecule has 0 atom stereocenters. The van der Waals surface area contributed by atoms with Gasteiger partial charge in [-0.2, -0.15) is 0 Å². The van der Waals surface area contributed by atoms with Crippen LogP contribution in [0.3, 0.4) is 0 Å². The molecule has 1 aliphatic carbocycles. The van der Waals surface area contributed by atoms with E-state index in [-0.39, 0.29) is 5.92 Å². The van der Waals surface area contributed by atoms with E-state index in [4.69, 9.17) is 16.3 Å². The second-order valence-electron chi connectivity index (χ2n) is 4.64. The first-order valence-corrected chi connectivity index (χ1v) is 6.41. The lowest BCUT2D eigenvalue weighted by Crippen LogP contribution is -2.14. The highest BCUT2D eigenvalue weighted by molar-refractivity contribution is 6.32. The van der Waals surface area contributed by atoms with Gasteiger partial charge in [0.1, 0.15) is 12.0 Å². The minimum atomic E-state index is 0.264. The van der Waals surface area contributed by atoms with Crippen molar-refractivity contribution in [2.75, 3.05) is 7.11 Å². The predicted molar refractivity (Wildman–Crippen MR) is 68.8 cm³/mol. The third kappa shape index (κ3) is 2.81. The standard InChI is InChI=1S/C14H17ClO2/c1-17-14-7-6-12(8-13(14)15)11-4-2-10(9-16)3-5-11/h6-11H,2-5H2,1H3/t10-,11-. The molecule has 2 rings (SSSR count). The molecule has 3 heteroatoms. The zero-order valence-electron chi connectivity index (χ0n) is 9.99. The van der Waals surface area contributed by atoms with Crippen molar-refractivity contribution in [2.24, 2.45) is 5.92 Å². The van der Waals surface area contributed by atoms with Gasteiger partial charge in [-0.1, -0.05) is 17.7 Å². The molecule has 0 spiro atoms. The first-order valence-electron chi connectivity index (χ1n) is 6.03. The maximum atomic E-state index is 10.7. The van der Waals surface area contributed by atoms with Gasteiger partial charge < -0.3 is 9.53 Å². The lowest BCUT2D eigenvalue weighted by molar-refractivity contribution is -0.111. The molecule has 1 aromatic carbocycles. The normalized spacial score (nSPS) is 24.4. The highest BCUT2D eigenvalue weighted by Crippen LogP contribution is 2.37. The summed E-state index contributed by atoms with van der Waals surface area (Å²) in [5.41, 5.74) is 1.26. The fourth-order valence-electron chi connectivity index (χ4n) is 2.53. The van der Waals surface area contributed by atoms with Crippen molar-refractivity contribution in [3.8, 4) is 5.75 Å². The molecule has 0 heterocycles. The molecule has 0 amide bonds. The van der Waals surface area contributed by atoms with Gasteiger partial charge >= 0.3 is 0 Å². The van der Waals surface area contributed by atoms with Crippen LogP contribution in [0.5, 0.6) is 5.75 Å². The number of methoxy groups -OCH3 is 1. The quantitative estimate of drug-likeness (QED) is 0.765. The molecule has 0 unspecified atom stereocenters. The molecule has 0 saturated heterocycles. The maximum Gasteiger partial charge on any atom is 0.137 e. The van der Waals surface area contributed by atoms with E-state index in [2.05, 4.69) is 6.07 Å². The third-order valence-corrected chi connectivity index (χ3v) is 3.91. The summed E-state index contributed by atoms with van der Waals surface area (Å²) in [5, 5.41) is 0.669. The Bertz CT molecular complexity index is 395. The van der Waals surface area contributed by atoms with E-state index >= 15 is 0 Å². The Labute approximate surface area is 107 Å². The number of aldehydes is 1. The number of carbonyl (C=O) groups is 1. The Balaban J connectivity index is 2.08. The molecule has 0 bridgehead atoms. The zero-order chi connectivity index (χ0) is 12.3. The topological polar surface area (TPSA) is 26.3 Å². The Hall–Kier alpha value is -1.02. The number of hydrogen-bond donors (Lipinski definition) is 0. The van der Waals surface area contributed by atoms with Gasteiger partial charge in [0.05, 0.1) is 12.1 Å². The summed E-state index contributed by atoms with van der Waals surface area (Å²) in [5.74, 6) is 1.52. The Morgan fingerprint density at radius 3 is 2.53 bits per heavy atom. The first kappa shape index (κ1) is 12.4. The number of ether oxygens (including phenoxy) is 1. The fraction of sp³-hybridized carbons (Fsp3) is 0.500. The number of halogens is 1. The van der Waals surface area contributed by atoms with Crippen LogP contribution in [0.1, 0.15) is 37.2 Å². The SMILES string of the molecule is COc1ccc([C@H]2CC[C@H](C=O)CC2)cc1Cl. The minimum Gasteiger partial charge on any atom is -0.495 e. The minimum absolute atomic E-state index is 0.264. The Morgan fingerprint density at radius 2 is 2.00 bits per heavy atom. The number of benzene rings is 1. The molecule has 0 aromatic heterocycles. The monoisotopic (exact) mass is 252 g/mol. The molecular weight excluding hydrogens is 236 g/mol. The van der Waals surface area contributed by atoms with Crippen molar-refractivity contribution in [2.45, 2.75) is 31.6 Å². The van der Waals surface area contributed by atoms with Crippen molar-refractivity contribution in [3.05, 3.63) is 28.8 Å². The molecule has 1 fully saturated rings. The van der Waals surface area contributed by atoms with E-state index in [0.29, 0.717) is 10.9 Å². The average molecular weight is 253 g/mol. The van der Waals surface area contributed by atoms with E-state index in [1.807, 2.05) is 12.1 Å². The van der Waals surface area contributed by atoms with Gasteiger partial charge in [-0.05, 0) is 49.3 Å². The number of rotatable bonds is 3. The van der Waals surface area contributed by atoms with Gasteiger partial charge in [-0.25, -0.2) is 0 Å². The van der Waals surface area contributed by atoms with Gasteiger partial charge in [-0.15, -0.1) is 0 Å². The van der Waals surface area contributed by atoms with Gasteiger partial charge in [-0.3, -0.25) is 0 Å². The van der Waals surface area contributed by atoms with E-state index in [9.17, 15) is 4.79 Å². The van der Waals surface area contributed by atoms with Crippen molar-refractivity contribution in [1.29, 1.82) is 0 Å². The van der Waals surface area contributed by atoms with Gasteiger partial charge in [0.25, 0.3) is 0 Å². The van der Waals surface area contributed by atoms with E-state index in [1.165, 1.54) is 5.56 Å². The summed E-state index contributed by atoms with van der Waals surface area (Å²) in [4.78, 5) is 10.7. The highest BCUT2D eigenvalue weighted by atomic mass is 35.5. The molecule has 1 aromatic rings. The smallest absolute Gasteiger partial charge is 0.137 e. The summed E-state index contributed by atoms with van der Waals surface area (Å²) < 4.78 is 5.14. The molecule has 0 radical (unpaired) electrons. The van der Waals surface area contributed by atoms with Crippen molar-refractivity contribution in [3.63, 3.8) is 0 Å². The lowest BCUT2D eigenvalue weighted by atomic mass is 9.79. The largest absolute Gasteiger partial charge is 0.495 e. The van der Waals surface area contributed by atoms with Crippen LogP contribution < -0.4 is 4.74 Å². The average Bonchev–Trinajstić information content (AvgIpc) is 2.39. The number of hydrogen-bond acceptors (Lipinski definition) is 2. The predicted octanol–water partition coefficient (Wildman–Crippen LogP) is 3.82. The van der Waals surface area contributed by atoms with Gasteiger partial charge in [0, 0.05) is 5.92 Å². The van der Waals surface area contributed by atoms with Crippen LogP contribution >= 0.6 is 11.6 Å². The first-order chi connectivity index (χ1) is 8.24. The Kier molecular flexibility index (Phi) is 4.06. The van der Waals surface area contributed by atoms with E-state index in [1.54, 1.807) is 7.11 Å². The zero-order valence-corrected chi connectivity index (χ0v) is 10.7. The van der Waals surface area contributed by atoms with Crippen molar-refractivity contribution < 1.29 is 9.53 Å². The van der Waals surface area contributed by atoms with E-state index in [0.717, 1.165) is 37.7 Å². The van der Waals surface area contributed by atoms with Crippen molar-refractivity contribution >= 4 is 17.9 Å². The second-order valence-corrected chi connectivity index (χ2v) is 5.05. The maximum absolute atomic E-state index is 10.7. The Morgan fingerprint density at radius 1 is 1.29 bits per heavy atom. The third-order valence-electron chi connectivity index (χ3n) is 3.61. The fourth-order valence-corrected chi connectivity index (χ4v) is 2.79. The van der Waals surface area contributed by atoms with Gasteiger partial charge in [0.15, 0.2) is 0 Å². The summed E-state index contributed by atoms with van der Waals surface area (Å²) in [7, 11) is 1.62. The molecule has 0 N–H and O–H groups in total.